The van der Waals surface area contributed by atoms with Crippen molar-refractivity contribution in [1.82, 2.24) is 24.9 Å². The van der Waals surface area contributed by atoms with Gasteiger partial charge < -0.3 is 14.8 Å². The Morgan fingerprint density at radius 2 is 1.97 bits per heavy atom. The molecule has 1 aliphatic heterocycles. The van der Waals surface area contributed by atoms with Crippen molar-refractivity contribution in [2.45, 2.75) is 25.7 Å². The average Bonchev–Trinajstić information content (AvgIpc) is 3.20. The Labute approximate surface area is 185 Å². The number of hydrogen-bond acceptors (Lipinski definition) is 6. The zero-order valence-corrected chi connectivity index (χ0v) is 18.3. The monoisotopic (exact) mass is 435 g/mol. The molecule has 1 saturated heterocycles. The Morgan fingerprint density at radius 1 is 1.12 bits per heavy atom. The SMILES string of the molecule is COCCOc1cc(-c2cc(F)c3nc(C4CCNCC4)ccc3c2)nn2cc(C)nc12. The molecule has 8 heteroatoms. The van der Waals surface area contributed by atoms with Crippen molar-refractivity contribution < 1.29 is 13.9 Å². The molecular formula is C24H26FN5O2. The lowest BCUT2D eigenvalue weighted by Crippen LogP contribution is -2.27. The van der Waals surface area contributed by atoms with Crippen molar-refractivity contribution >= 4 is 16.6 Å². The van der Waals surface area contributed by atoms with E-state index in [1.807, 2.05) is 31.3 Å². The second-order valence-electron chi connectivity index (χ2n) is 8.18. The number of piperidine rings is 1. The lowest BCUT2D eigenvalue weighted by atomic mass is 9.93. The number of aromatic nitrogens is 4. The van der Waals surface area contributed by atoms with Crippen LogP contribution in [0.3, 0.4) is 0 Å². The van der Waals surface area contributed by atoms with Gasteiger partial charge in [0.05, 0.1) is 24.2 Å². The van der Waals surface area contributed by atoms with E-state index in [0.717, 1.165) is 42.7 Å². The maximum Gasteiger partial charge on any atom is 0.196 e. The summed E-state index contributed by atoms with van der Waals surface area (Å²) in [7, 11) is 1.62. The van der Waals surface area contributed by atoms with E-state index in [9.17, 15) is 0 Å². The van der Waals surface area contributed by atoms with Crippen LogP contribution in [0.2, 0.25) is 0 Å². The van der Waals surface area contributed by atoms with Gasteiger partial charge in [0.25, 0.3) is 0 Å². The zero-order valence-electron chi connectivity index (χ0n) is 18.3. The number of ether oxygens (including phenoxy) is 2. The summed E-state index contributed by atoms with van der Waals surface area (Å²) < 4.78 is 27.8. The minimum Gasteiger partial charge on any atom is -0.487 e. The Kier molecular flexibility index (Phi) is 5.71. The number of hydrogen-bond donors (Lipinski definition) is 1. The summed E-state index contributed by atoms with van der Waals surface area (Å²) in [6, 6.07) is 9.21. The van der Waals surface area contributed by atoms with Crippen molar-refractivity contribution in [3.05, 3.63) is 53.7 Å². The molecule has 4 heterocycles. The van der Waals surface area contributed by atoms with Crippen LogP contribution in [0.15, 0.2) is 36.5 Å². The van der Waals surface area contributed by atoms with E-state index in [4.69, 9.17) is 9.47 Å². The van der Waals surface area contributed by atoms with Crippen molar-refractivity contribution in [3.63, 3.8) is 0 Å². The molecule has 0 atom stereocenters. The van der Waals surface area contributed by atoms with Crippen LogP contribution in [0.1, 0.15) is 30.1 Å². The van der Waals surface area contributed by atoms with Crippen LogP contribution < -0.4 is 10.1 Å². The number of nitrogens with one attached hydrogen (secondary N) is 1. The van der Waals surface area contributed by atoms with E-state index >= 15 is 4.39 Å². The average molecular weight is 436 g/mol. The molecule has 0 saturated carbocycles. The van der Waals surface area contributed by atoms with Crippen LogP contribution in [-0.4, -0.2) is 53.0 Å². The first-order chi connectivity index (χ1) is 15.6. The summed E-state index contributed by atoms with van der Waals surface area (Å²) in [6.07, 6.45) is 3.88. The molecule has 0 unspecified atom stereocenters. The second-order valence-corrected chi connectivity index (χ2v) is 8.18. The van der Waals surface area contributed by atoms with Crippen molar-refractivity contribution in [2.75, 3.05) is 33.4 Å². The number of imidazole rings is 1. The summed E-state index contributed by atoms with van der Waals surface area (Å²) in [5, 5.41) is 8.76. The molecule has 7 nitrogen and oxygen atoms in total. The van der Waals surface area contributed by atoms with E-state index in [0.29, 0.717) is 47.3 Å². The molecule has 5 rings (SSSR count). The molecule has 0 amide bonds. The number of nitrogens with zero attached hydrogens (tertiary/aromatic N) is 4. The maximum atomic E-state index is 15.2. The van der Waals surface area contributed by atoms with E-state index in [1.165, 1.54) is 6.07 Å². The van der Waals surface area contributed by atoms with Crippen LogP contribution in [0.4, 0.5) is 4.39 Å². The third kappa shape index (κ3) is 4.03. The lowest BCUT2D eigenvalue weighted by molar-refractivity contribution is 0.147. The molecule has 1 aromatic carbocycles. The summed E-state index contributed by atoms with van der Waals surface area (Å²) >= 11 is 0. The standard InChI is InChI=1S/C24H26FN5O2/c1-15-14-30-24(27-15)22(32-10-9-31-2)13-21(29-30)18-11-17-3-4-20(16-5-7-26-8-6-16)28-23(17)19(25)12-18/h3-4,11-14,16,26H,5-10H2,1-2H3. The second kappa shape index (κ2) is 8.80. The largest absolute Gasteiger partial charge is 0.487 e. The lowest BCUT2D eigenvalue weighted by Gasteiger charge is -2.22. The number of halogens is 1. The Bertz CT molecular complexity index is 1270. The molecule has 32 heavy (non-hydrogen) atoms. The highest BCUT2D eigenvalue weighted by Gasteiger charge is 2.19. The molecule has 3 aromatic heterocycles. The van der Waals surface area contributed by atoms with E-state index < -0.39 is 0 Å². The van der Waals surface area contributed by atoms with Gasteiger partial charge in [0.1, 0.15) is 17.9 Å². The Balaban J connectivity index is 1.55. The fourth-order valence-electron chi connectivity index (χ4n) is 4.25. The van der Waals surface area contributed by atoms with Gasteiger partial charge in [-0.2, -0.15) is 5.10 Å². The van der Waals surface area contributed by atoms with Gasteiger partial charge in [-0.25, -0.2) is 18.9 Å². The first-order valence-corrected chi connectivity index (χ1v) is 10.9. The normalized spacial score (nSPS) is 15.0. The molecule has 1 aliphatic rings. The maximum absolute atomic E-state index is 15.2. The zero-order chi connectivity index (χ0) is 22.1. The van der Waals surface area contributed by atoms with Gasteiger partial charge in [-0.05, 0) is 51.1 Å². The molecule has 0 radical (unpaired) electrons. The topological polar surface area (TPSA) is 73.6 Å². The molecule has 166 valence electrons. The summed E-state index contributed by atoms with van der Waals surface area (Å²) in [6.45, 7) is 4.69. The first kappa shape index (κ1) is 20.8. The van der Waals surface area contributed by atoms with Gasteiger partial charge in [0.2, 0.25) is 0 Å². The van der Waals surface area contributed by atoms with Crippen molar-refractivity contribution in [2.24, 2.45) is 0 Å². The quantitative estimate of drug-likeness (QED) is 0.464. The molecule has 0 spiro atoms. The van der Waals surface area contributed by atoms with Crippen LogP contribution >= 0.6 is 0 Å². The van der Waals surface area contributed by atoms with Crippen molar-refractivity contribution in [3.8, 4) is 17.0 Å². The van der Waals surface area contributed by atoms with Gasteiger partial charge in [0, 0.05) is 35.7 Å². The molecule has 4 aromatic rings. The minimum atomic E-state index is -0.348. The van der Waals surface area contributed by atoms with Gasteiger partial charge in [-0.1, -0.05) is 6.07 Å². The third-order valence-electron chi connectivity index (χ3n) is 5.88. The number of fused-ring (bicyclic) bond motifs is 2. The highest BCUT2D eigenvalue weighted by molar-refractivity contribution is 5.85. The summed E-state index contributed by atoms with van der Waals surface area (Å²) in [5.41, 5.74) is 4.08. The van der Waals surface area contributed by atoms with E-state index in [2.05, 4.69) is 20.4 Å². The smallest absolute Gasteiger partial charge is 0.196 e. The van der Waals surface area contributed by atoms with E-state index in [1.54, 1.807) is 17.7 Å². The van der Waals surface area contributed by atoms with Crippen LogP contribution in [0, 0.1) is 12.7 Å². The van der Waals surface area contributed by atoms with E-state index in [-0.39, 0.29) is 5.82 Å². The minimum absolute atomic E-state index is 0.348. The number of rotatable bonds is 6. The first-order valence-electron chi connectivity index (χ1n) is 10.9. The third-order valence-corrected chi connectivity index (χ3v) is 5.88. The van der Waals surface area contributed by atoms with Gasteiger partial charge in [-0.3, -0.25) is 0 Å². The number of aryl methyl sites for hydroxylation is 1. The number of pyridine rings is 1. The summed E-state index contributed by atoms with van der Waals surface area (Å²) in [4.78, 5) is 9.17. The molecule has 1 N–H and O–H groups in total. The number of benzene rings is 1. The fraction of sp³-hybridized carbons (Fsp3) is 0.375. The molecule has 0 aliphatic carbocycles. The van der Waals surface area contributed by atoms with Gasteiger partial charge in [-0.15, -0.1) is 0 Å². The predicted octanol–water partition coefficient (Wildman–Crippen LogP) is 3.88. The summed E-state index contributed by atoms with van der Waals surface area (Å²) in [5.74, 6) is 0.610. The Morgan fingerprint density at radius 3 is 2.78 bits per heavy atom. The van der Waals surface area contributed by atoms with Gasteiger partial charge >= 0.3 is 0 Å². The molecule has 1 fully saturated rings. The fourth-order valence-corrected chi connectivity index (χ4v) is 4.25. The van der Waals surface area contributed by atoms with Crippen molar-refractivity contribution in [1.29, 1.82) is 0 Å². The van der Waals surface area contributed by atoms with Gasteiger partial charge in [0.15, 0.2) is 11.4 Å². The van der Waals surface area contributed by atoms with Crippen LogP contribution in [-0.2, 0) is 4.74 Å². The molecular weight excluding hydrogens is 409 g/mol. The number of methoxy groups -OCH3 is 1. The molecule has 0 bridgehead atoms. The highest BCUT2D eigenvalue weighted by atomic mass is 19.1. The van der Waals surface area contributed by atoms with Crippen LogP contribution in [0.5, 0.6) is 5.75 Å². The Hall–Kier alpha value is -3.10. The predicted molar refractivity (Wildman–Crippen MR) is 121 cm³/mol. The van der Waals surface area contributed by atoms with Crippen LogP contribution in [0.25, 0.3) is 27.8 Å². The highest BCUT2D eigenvalue weighted by Crippen LogP contribution is 2.31.